The number of aliphatic carboxylic acids is 1. The van der Waals surface area contributed by atoms with Gasteiger partial charge in [0.1, 0.15) is 6.04 Å². The van der Waals surface area contributed by atoms with Crippen LogP contribution in [-0.2, 0) is 14.6 Å². The van der Waals surface area contributed by atoms with Crippen LogP contribution in [0.15, 0.2) is 29.2 Å². The maximum atomic E-state index is 12.5. The molecule has 1 fully saturated rings. The van der Waals surface area contributed by atoms with E-state index in [-0.39, 0.29) is 15.7 Å². The molecule has 0 heterocycles. The number of carbonyl (C=O) groups excluding carboxylic acids is 1. The molecule has 138 valence electrons. The Balaban J connectivity index is 2.08. The predicted octanol–water partition coefficient (Wildman–Crippen LogP) is 2.78. The predicted molar refractivity (Wildman–Crippen MR) is 94.3 cm³/mol. The number of sulfone groups is 1. The van der Waals surface area contributed by atoms with Crippen molar-refractivity contribution in [1.29, 1.82) is 0 Å². The first-order valence-corrected chi connectivity index (χ1v) is 10.3. The molecule has 2 rings (SSSR count). The summed E-state index contributed by atoms with van der Waals surface area (Å²) in [6.45, 7) is 1.95. The van der Waals surface area contributed by atoms with Crippen LogP contribution in [0.2, 0.25) is 0 Å². The van der Waals surface area contributed by atoms with Crippen LogP contribution in [0.5, 0.6) is 0 Å². The van der Waals surface area contributed by atoms with Crippen molar-refractivity contribution >= 4 is 21.7 Å². The Morgan fingerprint density at radius 1 is 1.20 bits per heavy atom. The maximum absolute atomic E-state index is 12.5. The van der Waals surface area contributed by atoms with Gasteiger partial charge in [0.2, 0.25) is 0 Å². The van der Waals surface area contributed by atoms with Crippen molar-refractivity contribution in [2.75, 3.05) is 0 Å². The molecule has 0 aromatic heterocycles. The summed E-state index contributed by atoms with van der Waals surface area (Å²) in [5.74, 6) is -1.57. The number of unbranched alkanes of at least 4 members (excludes halogenated alkanes) is 1. The second-order valence-corrected chi connectivity index (χ2v) is 8.71. The minimum atomic E-state index is -3.36. The summed E-state index contributed by atoms with van der Waals surface area (Å²) in [6.07, 6.45) is 5.14. The fourth-order valence-electron chi connectivity index (χ4n) is 3.09. The molecule has 6 nitrogen and oxygen atoms in total. The number of carbonyl (C=O) groups is 2. The SMILES string of the molecule is CCCCC(NC(=O)c1ccc(S(=O)(=O)C2CCCC2)cc1)C(=O)O. The van der Waals surface area contributed by atoms with Crippen LogP contribution < -0.4 is 5.32 Å². The first-order valence-electron chi connectivity index (χ1n) is 8.74. The number of amides is 1. The van der Waals surface area contributed by atoms with E-state index in [1.165, 1.54) is 24.3 Å². The van der Waals surface area contributed by atoms with Gasteiger partial charge in [-0.1, -0.05) is 32.6 Å². The van der Waals surface area contributed by atoms with Crippen LogP contribution in [0, 0.1) is 0 Å². The summed E-state index contributed by atoms with van der Waals surface area (Å²) in [7, 11) is -3.36. The highest BCUT2D eigenvalue weighted by atomic mass is 32.2. The van der Waals surface area contributed by atoms with Crippen molar-refractivity contribution in [2.45, 2.75) is 68.1 Å². The number of carboxylic acids is 1. The van der Waals surface area contributed by atoms with E-state index in [9.17, 15) is 23.1 Å². The molecule has 7 heteroatoms. The van der Waals surface area contributed by atoms with Gasteiger partial charge in [0, 0.05) is 5.56 Å². The Labute approximate surface area is 148 Å². The van der Waals surface area contributed by atoms with Crippen molar-refractivity contribution < 1.29 is 23.1 Å². The smallest absolute Gasteiger partial charge is 0.326 e. The highest BCUT2D eigenvalue weighted by molar-refractivity contribution is 7.92. The standard InChI is InChI=1S/C18H25NO5S/c1-2-3-8-16(18(21)22)19-17(20)13-9-11-15(12-10-13)25(23,24)14-6-4-5-7-14/h9-12,14,16H,2-8H2,1H3,(H,19,20)(H,21,22). The van der Waals surface area contributed by atoms with E-state index >= 15 is 0 Å². The lowest BCUT2D eigenvalue weighted by Crippen LogP contribution is -2.40. The highest BCUT2D eigenvalue weighted by Gasteiger charge is 2.30. The zero-order valence-electron chi connectivity index (χ0n) is 14.4. The van der Waals surface area contributed by atoms with Crippen molar-refractivity contribution in [1.82, 2.24) is 5.32 Å². The van der Waals surface area contributed by atoms with Gasteiger partial charge in [0.25, 0.3) is 5.91 Å². The normalized spacial score (nSPS) is 16.5. The summed E-state index contributed by atoms with van der Waals surface area (Å²) < 4.78 is 25.0. The Hall–Kier alpha value is -1.89. The summed E-state index contributed by atoms with van der Waals surface area (Å²) in [6, 6.07) is 4.81. The Morgan fingerprint density at radius 3 is 2.32 bits per heavy atom. The molecule has 0 bridgehead atoms. The fourth-order valence-corrected chi connectivity index (χ4v) is 4.95. The van der Waals surface area contributed by atoms with Crippen LogP contribution in [0.4, 0.5) is 0 Å². The zero-order valence-corrected chi connectivity index (χ0v) is 15.2. The van der Waals surface area contributed by atoms with E-state index in [1.807, 2.05) is 6.92 Å². The Kier molecular flexibility index (Phi) is 6.58. The number of rotatable bonds is 8. The first kappa shape index (κ1) is 19.4. The zero-order chi connectivity index (χ0) is 18.4. The van der Waals surface area contributed by atoms with E-state index in [4.69, 9.17) is 0 Å². The minimum Gasteiger partial charge on any atom is -0.480 e. The molecule has 1 amide bonds. The average Bonchev–Trinajstić information content (AvgIpc) is 3.13. The van der Waals surface area contributed by atoms with Crippen LogP contribution in [-0.4, -0.2) is 36.7 Å². The summed E-state index contributed by atoms with van der Waals surface area (Å²) >= 11 is 0. The van der Waals surface area contributed by atoms with Gasteiger partial charge < -0.3 is 10.4 Å². The van der Waals surface area contributed by atoms with Crippen molar-refractivity contribution in [3.8, 4) is 0 Å². The first-order chi connectivity index (χ1) is 11.9. The molecule has 1 atom stereocenters. The van der Waals surface area contributed by atoms with Crippen LogP contribution in [0.25, 0.3) is 0 Å². The van der Waals surface area contributed by atoms with E-state index in [1.54, 1.807) is 0 Å². The number of nitrogens with one attached hydrogen (secondary N) is 1. The molecule has 1 saturated carbocycles. The lowest BCUT2D eigenvalue weighted by Gasteiger charge is -2.15. The van der Waals surface area contributed by atoms with Crippen LogP contribution >= 0.6 is 0 Å². The van der Waals surface area contributed by atoms with Gasteiger partial charge >= 0.3 is 5.97 Å². The number of hydrogen-bond donors (Lipinski definition) is 2. The Bertz CT molecular complexity index is 705. The molecule has 1 aliphatic carbocycles. The lowest BCUT2D eigenvalue weighted by molar-refractivity contribution is -0.139. The van der Waals surface area contributed by atoms with Crippen molar-refractivity contribution in [3.63, 3.8) is 0 Å². The van der Waals surface area contributed by atoms with Gasteiger partial charge in [-0.15, -0.1) is 0 Å². The molecule has 1 unspecified atom stereocenters. The molecule has 1 aliphatic rings. The minimum absolute atomic E-state index is 0.219. The molecule has 0 spiro atoms. The fraction of sp³-hybridized carbons (Fsp3) is 0.556. The molecule has 1 aromatic carbocycles. The number of carboxylic acid groups (broad SMARTS) is 1. The third-order valence-electron chi connectivity index (χ3n) is 4.64. The topological polar surface area (TPSA) is 101 Å². The number of benzene rings is 1. The molecule has 2 N–H and O–H groups in total. The Morgan fingerprint density at radius 2 is 1.80 bits per heavy atom. The average molecular weight is 367 g/mol. The van der Waals surface area contributed by atoms with Gasteiger partial charge in [0.15, 0.2) is 9.84 Å². The third kappa shape index (κ3) is 4.81. The van der Waals surface area contributed by atoms with Crippen LogP contribution in [0.1, 0.15) is 62.2 Å². The van der Waals surface area contributed by atoms with Gasteiger partial charge in [-0.3, -0.25) is 4.79 Å². The van der Waals surface area contributed by atoms with Crippen molar-refractivity contribution in [3.05, 3.63) is 29.8 Å². The summed E-state index contributed by atoms with van der Waals surface area (Å²) in [4.78, 5) is 23.6. The molecular weight excluding hydrogens is 342 g/mol. The molecule has 1 aromatic rings. The van der Waals surface area contributed by atoms with Gasteiger partial charge in [-0.05, 0) is 43.5 Å². The van der Waals surface area contributed by atoms with E-state index in [0.29, 0.717) is 25.7 Å². The molecular formula is C18H25NO5S. The van der Waals surface area contributed by atoms with Crippen LogP contribution in [0.3, 0.4) is 0 Å². The molecule has 0 saturated heterocycles. The quantitative estimate of drug-likeness (QED) is 0.736. The van der Waals surface area contributed by atoms with Gasteiger partial charge in [-0.25, -0.2) is 13.2 Å². The molecule has 0 aliphatic heterocycles. The monoisotopic (exact) mass is 367 g/mol. The van der Waals surface area contributed by atoms with Crippen molar-refractivity contribution in [2.24, 2.45) is 0 Å². The second-order valence-electron chi connectivity index (χ2n) is 6.48. The van der Waals surface area contributed by atoms with E-state index in [0.717, 1.165) is 19.3 Å². The second kappa shape index (κ2) is 8.47. The van der Waals surface area contributed by atoms with E-state index in [2.05, 4.69) is 5.32 Å². The van der Waals surface area contributed by atoms with Gasteiger partial charge in [0.05, 0.1) is 10.1 Å². The number of hydrogen-bond acceptors (Lipinski definition) is 4. The van der Waals surface area contributed by atoms with Gasteiger partial charge in [-0.2, -0.15) is 0 Å². The third-order valence-corrected chi connectivity index (χ3v) is 6.91. The molecule has 25 heavy (non-hydrogen) atoms. The highest BCUT2D eigenvalue weighted by Crippen LogP contribution is 2.29. The molecule has 0 radical (unpaired) electrons. The van der Waals surface area contributed by atoms with E-state index < -0.39 is 27.8 Å². The lowest BCUT2D eigenvalue weighted by atomic mass is 10.1. The summed E-state index contributed by atoms with van der Waals surface area (Å²) in [5, 5.41) is 11.3. The summed E-state index contributed by atoms with van der Waals surface area (Å²) in [5.41, 5.74) is 0.258. The largest absolute Gasteiger partial charge is 0.480 e. The maximum Gasteiger partial charge on any atom is 0.326 e.